The van der Waals surface area contributed by atoms with E-state index in [0.29, 0.717) is 30.8 Å². The van der Waals surface area contributed by atoms with Crippen molar-refractivity contribution in [2.45, 2.75) is 50.7 Å². The Morgan fingerprint density at radius 3 is 1.21 bits per heavy atom. The number of likely N-dealkylation sites (tertiary alicyclic amines) is 3. The van der Waals surface area contributed by atoms with E-state index in [1.54, 1.807) is 9.80 Å². The van der Waals surface area contributed by atoms with Crippen molar-refractivity contribution in [1.29, 1.82) is 10.5 Å². The smallest absolute Gasteiger partial charge is 0.251 e. The number of piperidine rings is 1. The van der Waals surface area contributed by atoms with Gasteiger partial charge in [0.2, 0.25) is 0 Å². The Bertz CT molecular complexity index is 2270. The molecule has 1 unspecified atom stereocenters. The van der Waals surface area contributed by atoms with Crippen LogP contribution in [0.5, 0.6) is 0 Å². The molecule has 5 aromatic carbocycles. The van der Waals surface area contributed by atoms with E-state index in [1.165, 1.54) is 5.56 Å². The zero-order valence-electron chi connectivity index (χ0n) is 35.0. The van der Waals surface area contributed by atoms with Crippen molar-refractivity contribution in [2.75, 3.05) is 46.3 Å². The lowest BCUT2D eigenvalue weighted by Gasteiger charge is -2.30. The summed E-state index contributed by atoms with van der Waals surface area (Å²) in [6.07, 6.45) is 8.09. The Hall–Kier alpha value is -6.95. The van der Waals surface area contributed by atoms with Crippen LogP contribution in [0.3, 0.4) is 0 Å². The van der Waals surface area contributed by atoms with Crippen LogP contribution < -0.4 is 16.0 Å². The van der Waals surface area contributed by atoms with Crippen molar-refractivity contribution in [3.8, 4) is 34.6 Å². The van der Waals surface area contributed by atoms with Gasteiger partial charge in [0.1, 0.15) is 0 Å². The summed E-state index contributed by atoms with van der Waals surface area (Å²) in [5, 5.41) is 26.6. The predicted octanol–water partition coefficient (Wildman–Crippen LogP) is 7.10. The maximum Gasteiger partial charge on any atom is 0.251 e. The largest absolute Gasteiger partial charge is 0.348 e. The third kappa shape index (κ3) is 13.0. The lowest BCUT2D eigenvalue weighted by atomic mass is 10.0. The standard InChI is InChI=1S/C19H22N2O.C18H17N3O.C13H15N3O/c1-21-13-5-8-18(14-21)20-19(22)17-11-9-16(10-12-17)15-6-3-2-4-7-15;19-13-21-11-10-17(12-21)20-18(22)16-8-6-15(7-9-16)14-4-2-1-3-5-14;1-10-2-4-11(5-3-10)13(17)15-12-6-7-16(8-12)9-14/h2-4,6-7,9-12,18H,5,8,13-14H2,1H3,(H,20,22);1-9,17H,10-12H2,(H,20,22);2-5,12H,6-8H2,1H3,(H,15,17)/t;17-;12-/m.11/s1. The van der Waals surface area contributed by atoms with E-state index in [9.17, 15) is 14.4 Å². The van der Waals surface area contributed by atoms with Crippen LogP contribution >= 0.6 is 0 Å². The fourth-order valence-corrected chi connectivity index (χ4v) is 7.62. The number of rotatable bonds is 8. The normalized spacial score (nSPS) is 18.2. The number of nitrogens with zero attached hydrogens (tertiary/aromatic N) is 5. The fourth-order valence-electron chi connectivity index (χ4n) is 7.62. The molecule has 3 aliphatic rings. The predicted molar refractivity (Wildman–Crippen MR) is 239 cm³/mol. The van der Waals surface area contributed by atoms with Gasteiger partial charge in [0.05, 0.1) is 0 Å². The summed E-state index contributed by atoms with van der Waals surface area (Å²) in [7, 11) is 2.10. The minimum absolute atomic E-state index is 0.0277. The van der Waals surface area contributed by atoms with E-state index in [-0.39, 0.29) is 35.8 Å². The van der Waals surface area contributed by atoms with Crippen LogP contribution in [0.15, 0.2) is 133 Å². The van der Waals surface area contributed by atoms with Crippen LogP contribution in [-0.2, 0) is 0 Å². The first-order valence-corrected chi connectivity index (χ1v) is 21.0. The topological polar surface area (TPSA) is 145 Å². The lowest BCUT2D eigenvalue weighted by Crippen LogP contribution is -2.46. The molecule has 3 aliphatic heterocycles. The molecule has 0 radical (unpaired) electrons. The molecular weight excluding hydrogens is 761 g/mol. The molecule has 0 aliphatic carbocycles. The number of hydrogen-bond acceptors (Lipinski definition) is 8. The number of carbonyl (C=O) groups is 3. The highest BCUT2D eigenvalue weighted by Gasteiger charge is 2.24. The number of hydrogen-bond donors (Lipinski definition) is 3. The highest BCUT2D eigenvalue weighted by molar-refractivity contribution is 5.96. The second kappa shape index (κ2) is 21.9. The Morgan fingerprint density at radius 1 is 0.492 bits per heavy atom. The monoisotopic (exact) mass is 814 g/mol. The SMILES string of the molecule is CN1CCCC(NC(=O)c2ccc(-c3ccccc3)cc2)C1.Cc1ccc(C(=O)N[C@@H]2CCN(C#N)C2)cc1.N#CN1CC[C@@H](NC(=O)c2ccc(-c3ccccc3)cc2)C1. The van der Waals surface area contributed by atoms with Gasteiger partial charge in [0, 0.05) is 67.5 Å². The van der Waals surface area contributed by atoms with Crippen LogP contribution in [0, 0.1) is 29.8 Å². The van der Waals surface area contributed by atoms with E-state index in [1.807, 2.05) is 128 Å². The van der Waals surface area contributed by atoms with Gasteiger partial charge in [-0.3, -0.25) is 14.4 Å². The zero-order valence-corrected chi connectivity index (χ0v) is 35.0. The maximum absolute atomic E-state index is 12.3. The third-order valence-electron chi connectivity index (χ3n) is 11.1. The fraction of sp³-hybridized carbons (Fsp3) is 0.300. The van der Waals surface area contributed by atoms with Gasteiger partial charge in [-0.05, 0) is 105 Å². The van der Waals surface area contributed by atoms with E-state index in [4.69, 9.17) is 10.5 Å². The van der Waals surface area contributed by atoms with Crippen molar-refractivity contribution in [3.63, 3.8) is 0 Å². The molecule has 3 saturated heterocycles. The van der Waals surface area contributed by atoms with E-state index in [2.05, 4.69) is 52.4 Å². The van der Waals surface area contributed by atoms with Gasteiger partial charge in [-0.1, -0.05) is 103 Å². The van der Waals surface area contributed by atoms with Gasteiger partial charge < -0.3 is 30.7 Å². The number of carbonyl (C=O) groups excluding carboxylic acids is 3. The summed E-state index contributed by atoms with van der Waals surface area (Å²) in [5.41, 5.74) is 7.72. The van der Waals surface area contributed by atoms with E-state index in [0.717, 1.165) is 73.1 Å². The van der Waals surface area contributed by atoms with Gasteiger partial charge >= 0.3 is 0 Å². The Kier molecular flexibility index (Phi) is 15.6. The number of nitriles is 2. The van der Waals surface area contributed by atoms with E-state index >= 15 is 0 Å². The second-order valence-electron chi connectivity index (χ2n) is 15.8. The van der Waals surface area contributed by atoms with Crippen molar-refractivity contribution < 1.29 is 14.4 Å². The van der Waals surface area contributed by atoms with Gasteiger partial charge in [-0.15, -0.1) is 0 Å². The van der Waals surface area contributed by atoms with E-state index < -0.39 is 0 Å². The second-order valence-corrected chi connectivity index (χ2v) is 15.8. The minimum Gasteiger partial charge on any atom is -0.348 e. The molecule has 3 N–H and O–H groups in total. The molecule has 0 saturated carbocycles. The number of amides is 3. The summed E-state index contributed by atoms with van der Waals surface area (Å²) in [6, 6.07) is 43.6. The molecule has 11 heteroatoms. The first-order chi connectivity index (χ1) is 29.7. The first-order valence-electron chi connectivity index (χ1n) is 21.0. The molecule has 8 rings (SSSR count). The molecule has 3 heterocycles. The molecule has 3 amide bonds. The number of benzene rings is 5. The third-order valence-corrected chi connectivity index (χ3v) is 11.1. The first kappa shape index (κ1) is 43.6. The van der Waals surface area contributed by atoms with Crippen molar-refractivity contribution in [1.82, 2.24) is 30.7 Å². The molecule has 3 atom stereocenters. The van der Waals surface area contributed by atoms with Crippen molar-refractivity contribution in [3.05, 3.63) is 156 Å². The summed E-state index contributed by atoms with van der Waals surface area (Å²) >= 11 is 0. The minimum atomic E-state index is -0.0793. The summed E-state index contributed by atoms with van der Waals surface area (Å²) < 4.78 is 0. The van der Waals surface area contributed by atoms with Crippen molar-refractivity contribution in [2.24, 2.45) is 0 Å². The highest BCUT2D eigenvalue weighted by atomic mass is 16.2. The van der Waals surface area contributed by atoms with Crippen LogP contribution in [0.4, 0.5) is 0 Å². The average Bonchev–Trinajstić information content (AvgIpc) is 3.97. The van der Waals surface area contributed by atoms with Gasteiger partial charge in [-0.25, -0.2) is 0 Å². The van der Waals surface area contributed by atoms with Gasteiger partial charge in [-0.2, -0.15) is 10.5 Å². The Morgan fingerprint density at radius 2 is 0.852 bits per heavy atom. The molecule has 11 nitrogen and oxygen atoms in total. The summed E-state index contributed by atoms with van der Waals surface area (Å²) in [6.45, 7) is 6.72. The molecular formula is C50H54N8O3. The Balaban J connectivity index is 0.000000155. The molecule has 0 bridgehead atoms. The van der Waals surface area contributed by atoms with Crippen LogP contribution in [-0.4, -0.2) is 96.9 Å². The zero-order chi connectivity index (χ0) is 43.0. The lowest BCUT2D eigenvalue weighted by molar-refractivity contribution is 0.0909. The summed E-state index contributed by atoms with van der Waals surface area (Å²) in [4.78, 5) is 42.1. The quantitative estimate of drug-likeness (QED) is 0.141. The molecule has 61 heavy (non-hydrogen) atoms. The van der Waals surface area contributed by atoms with Gasteiger partial charge in [0.25, 0.3) is 17.7 Å². The number of likely N-dealkylation sites (N-methyl/N-ethyl adjacent to an activating group) is 1. The maximum atomic E-state index is 12.3. The number of aryl methyl sites for hydroxylation is 1. The molecule has 0 spiro atoms. The van der Waals surface area contributed by atoms with Crippen LogP contribution in [0.1, 0.15) is 62.3 Å². The average molecular weight is 815 g/mol. The van der Waals surface area contributed by atoms with Gasteiger partial charge in [0.15, 0.2) is 12.4 Å². The molecule has 312 valence electrons. The summed E-state index contributed by atoms with van der Waals surface area (Å²) in [5.74, 6) is -0.112. The molecule has 5 aromatic rings. The number of nitrogens with one attached hydrogen (secondary N) is 3. The molecule has 3 fully saturated rings. The highest BCUT2D eigenvalue weighted by Crippen LogP contribution is 2.21. The van der Waals surface area contributed by atoms with Crippen LogP contribution in [0.25, 0.3) is 22.3 Å². The van der Waals surface area contributed by atoms with Crippen molar-refractivity contribution >= 4 is 17.7 Å². The van der Waals surface area contributed by atoms with Crippen LogP contribution in [0.2, 0.25) is 0 Å². The Labute approximate surface area is 359 Å². The molecule has 0 aromatic heterocycles.